The van der Waals surface area contributed by atoms with E-state index in [0.717, 1.165) is 45.2 Å². The van der Waals surface area contributed by atoms with Gasteiger partial charge in [-0.3, -0.25) is 9.69 Å². The van der Waals surface area contributed by atoms with Crippen LogP contribution in [0.25, 0.3) is 0 Å². The highest BCUT2D eigenvalue weighted by atomic mass is 16.3. The number of fused-ring (bicyclic) bond motifs is 1. The van der Waals surface area contributed by atoms with E-state index in [2.05, 4.69) is 10.2 Å². The van der Waals surface area contributed by atoms with Crippen LogP contribution in [0.1, 0.15) is 38.5 Å². The highest BCUT2D eigenvalue weighted by molar-refractivity contribution is 5.82. The molecule has 2 unspecified atom stereocenters. The van der Waals surface area contributed by atoms with Crippen molar-refractivity contribution in [3.63, 3.8) is 0 Å². The lowest BCUT2D eigenvalue weighted by molar-refractivity contribution is -0.125. The Morgan fingerprint density at radius 3 is 2.76 bits per heavy atom. The standard InChI is InChI=1S/C13H22N2O2/c16-12-6-2-1-5-10(12)15-7-3-4-9-11(15)8-14-13(9)17/h9-12,16H,1-8H2,(H,14,17)/t9?,10-,11?,12-/m0/s1. The number of carbonyl (C=O) groups excluding carboxylic acids is 1. The normalized spacial score (nSPS) is 43.2. The van der Waals surface area contributed by atoms with Gasteiger partial charge in [-0.2, -0.15) is 0 Å². The van der Waals surface area contributed by atoms with Gasteiger partial charge >= 0.3 is 0 Å². The number of aliphatic hydroxyl groups is 1. The minimum absolute atomic E-state index is 0.179. The molecule has 2 N–H and O–H groups in total. The van der Waals surface area contributed by atoms with Crippen molar-refractivity contribution >= 4 is 5.91 Å². The van der Waals surface area contributed by atoms with Crippen LogP contribution < -0.4 is 5.32 Å². The Morgan fingerprint density at radius 1 is 1.12 bits per heavy atom. The molecule has 2 heterocycles. The maximum Gasteiger partial charge on any atom is 0.224 e. The minimum Gasteiger partial charge on any atom is -0.391 e. The van der Waals surface area contributed by atoms with Crippen LogP contribution in [0.2, 0.25) is 0 Å². The first-order valence-electron chi connectivity index (χ1n) is 6.99. The average Bonchev–Trinajstić information content (AvgIpc) is 2.72. The van der Waals surface area contributed by atoms with Gasteiger partial charge in [0.05, 0.1) is 12.0 Å². The van der Waals surface area contributed by atoms with Gasteiger partial charge in [-0.05, 0) is 32.2 Å². The van der Waals surface area contributed by atoms with Gasteiger partial charge in [0.15, 0.2) is 0 Å². The van der Waals surface area contributed by atoms with Crippen LogP contribution in [0.5, 0.6) is 0 Å². The number of amides is 1. The molecule has 96 valence electrons. The number of hydrogen-bond donors (Lipinski definition) is 2. The Bertz CT molecular complexity index is 308. The topological polar surface area (TPSA) is 52.6 Å². The maximum absolute atomic E-state index is 11.7. The van der Waals surface area contributed by atoms with Crippen LogP contribution >= 0.6 is 0 Å². The molecule has 4 nitrogen and oxygen atoms in total. The number of nitrogens with zero attached hydrogens (tertiary/aromatic N) is 1. The average molecular weight is 238 g/mol. The van der Waals surface area contributed by atoms with Crippen molar-refractivity contribution < 1.29 is 9.90 Å². The van der Waals surface area contributed by atoms with E-state index >= 15 is 0 Å². The second kappa shape index (κ2) is 4.58. The molecule has 4 atom stereocenters. The summed E-state index contributed by atoms with van der Waals surface area (Å²) >= 11 is 0. The molecule has 0 radical (unpaired) electrons. The lowest BCUT2D eigenvalue weighted by Gasteiger charge is -2.44. The summed E-state index contributed by atoms with van der Waals surface area (Å²) < 4.78 is 0. The molecule has 2 saturated heterocycles. The Morgan fingerprint density at radius 2 is 1.94 bits per heavy atom. The van der Waals surface area contributed by atoms with E-state index in [4.69, 9.17) is 0 Å². The predicted molar refractivity (Wildman–Crippen MR) is 64.5 cm³/mol. The molecule has 0 spiro atoms. The van der Waals surface area contributed by atoms with E-state index in [1.165, 1.54) is 6.42 Å². The minimum atomic E-state index is -0.182. The number of carbonyl (C=O) groups is 1. The van der Waals surface area contributed by atoms with Crippen molar-refractivity contribution in [1.29, 1.82) is 0 Å². The Kier molecular flexibility index (Phi) is 3.09. The zero-order chi connectivity index (χ0) is 11.8. The molecular formula is C13H22N2O2. The van der Waals surface area contributed by atoms with Crippen LogP contribution in [0.4, 0.5) is 0 Å². The second-order valence-corrected chi connectivity index (χ2v) is 5.72. The molecule has 1 amide bonds. The van der Waals surface area contributed by atoms with E-state index in [0.29, 0.717) is 12.1 Å². The van der Waals surface area contributed by atoms with Crippen molar-refractivity contribution in [2.45, 2.75) is 56.7 Å². The smallest absolute Gasteiger partial charge is 0.224 e. The highest BCUT2D eigenvalue weighted by Gasteiger charge is 2.44. The SMILES string of the molecule is O=C1NCC2C1CCCN2[C@H]1CCCC[C@@H]1O. The molecule has 2 aliphatic heterocycles. The molecular weight excluding hydrogens is 216 g/mol. The molecule has 3 aliphatic rings. The van der Waals surface area contributed by atoms with E-state index < -0.39 is 0 Å². The summed E-state index contributed by atoms with van der Waals surface area (Å²) in [6.07, 6.45) is 6.33. The first kappa shape index (κ1) is 11.5. The number of piperidine rings is 1. The molecule has 3 rings (SSSR count). The number of aliphatic hydroxyl groups excluding tert-OH is 1. The summed E-state index contributed by atoms with van der Waals surface area (Å²) in [6.45, 7) is 1.84. The largest absolute Gasteiger partial charge is 0.391 e. The summed E-state index contributed by atoms with van der Waals surface area (Å²) in [5.41, 5.74) is 0. The van der Waals surface area contributed by atoms with Gasteiger partial charge in [0.25, 0.3) is 0 Å². The lowest BCUT2D eigenvalue weighted by Crippen LogP contribution is -2.55. The van der Waals surface area contributed by atoms with E-state index in [-0.39, 0.29) is 17.9 Å². The third-order valence-corrected chi connectivity index (χ3v) is 4.76. The third kappa shape index (κ3) is 1.97. The van der Waals surface area contributed by atoms with Crippen molar-refractivity contribution in [3.8, 4) is 0 Å². The molecule has 1 saturated carbocycles. The van der Waals surface area contributed by atoms with Crippen LogP contribution in [0.3, 0.4) is 0 Å². The second-order valence-electron chi connectivity index (χ2n) is 5.72. The van der Waals surface area contributed by atoms with Gasteiger partial charge in [0.1, 0.15) is 0 Å². The summed E-state index contributed by atoms with van der Waals surface area (Å²) in [4.78, 5) is 14.1. The monoisotopic (exact) mass is 238 g/mol. The molecule has 1 aliphatic carbocycles. The Hall–Kier alpha value is -0.610. The van der Waals surface area contributed by atoms with E-state index in [9.17, 15) is 9.90 Å². The van der Waals surface area contributed by atoms with Crippen molar-refractivity contribution in [3.05, 3.63) is 0 Å². The third-order valence-electron chi connectivity index (χ3n) is 4.76. The molecule has 4 heteroatoms. The fourth-order valence-corrected chi connectivity index (χ4v) is 3.88. The summed E-state index contributed by atoms with van der Waals surface area (Å²) in [6, 6.07) is 0.637. The Labute approximate surface area is 102 Å². The number of hydrogen-bond acceptors (Lipinski definition) is 3. The van der Waals surface area contributed by atoms with Crippen LogP contribution in [0.15, 0.2) is 0 Å². The first-order chi connectivity index (χ1) is 8.27. The molecule has 0 aromatic carbocycles. The molecule has 0 aromatic rings. The van der Waals surface area contributed by atoms with Gasteiger partial charge < -0.3 is 10.4 Å². The van der Waals surface area contributed by atoms with Crippen molar-refractivity contribution in [2.24, 2.45) is 5.92 Å². The summed E-state index contributed by atoms with van der Waals surface area (Å²) in [5.74, 6) is 0.405. The predicted octanol–water partition coefficient (Wildman–Crippen LogP) is 0.500. The van der Waals surface area contributed by atoms with E-state index in [1.54, 1.807) is 0 Å². The highest BCUT2D eigenvalue weighted by Crippen LogP contribution is 2.33. The Balaban J connectivity index is 1.75. The first-order valence-corrected chi connectivity index (χ1v) is 6.99. The quantitative estimate of drug-likeness (QED) is 0.699. The summed E-state index contributed by atoms with van der Waals surface area (Å²) in [7, 11) is 0. The van der Waals surface area contributed by atoms with Gasteiger partial charge in [0, 0.05) is 18.6 Å². The fraction of sp³-hybridized carbons (Fsp3) is 0.923. The molecule has 0 aromatic heterocycles. The van der Waals surface area contributed by atoms with Crippen LogP contribution in [0, 0.1) is 5.92 Å². The number of nitrogens with one attached hydrogen (secondary N) is 1. The maximum atomic E-state index is 11.7. The lowest BCUT2D eigenvalue weighted by atomic mass is 9.85. The molecule has 0 bridgehead atoms. The van der Waals surface area contributed by atoms with Crippen LogP contribution in [-0.4, -0.2) is 47.2 Å². The van der Waals surface area contributed by atoms with Gasteiger partial charge in [-0.25, -0.2) is 0 Å². The van der Waals surface area contributed by atoms with Crippen molar-refractivity contribution in [2.75, 3.05) is 13.1 Å². The molecule has 3 fully saturated rings. The van der Waals surface area contributed by atoms with Gasteiger partial charge in [-0.15, -0.1) is 0 Å². The fourth-order valence-electron chi connectivity index (χ4n) is 3.88. The zero-order valence-corrected chi connectivity index (χ0v) is 10.3. The summed E-state index contributed by atoms with van der Waals surface area (Å²) in [5, 5.41) is 13.1. The van der Waals surface area contributed by atoms with Gasteiger partial charge in [0.2, 0.25) is 5.91 Å². The van der Waals surface area contributed by atoms with Crippen LogP contribution in [-0.2, 0) is 4.79 Å². The molecule has 17 heavy (non-hydrogen) atoms. The number of rotatable bonds is 1. The van der Waals surface area contributed by atoms with Crippen molar-refractivity contribution in [1.82, 2.24) is 10.2 Å². The van der Waals surface area contributed by atoms with E-state index in [1.807, 2.05) is 0 Å². The zero-order valence-electron chi connectivity index (χ0n) is 10.3. The number of likely N-dealkylation sites (tertiary alicyclic amines) is 1. The van der Waals surface area contributed by atoms with Gasteiger partial charge in [-0.1, -0.05) is 12.8 Å².